The summed E-state index contributed by atoms with van der Waals surface area (Å²) in [5, 5.41) is 2.77. The van der Waals surface area contributed by atoms with Gasteiger partial charge < -0.3 is 14.8 Å². The largest absolute Gasteiger partial charge is 0.490 e. The summed E-state index contributed by atoms with van der Waals surface area (Å²) in [6.45, 7) is 5.85. The highest BCUT2D eigenvalue weighted by molar-refractivity contribution is 7.89. The smallest absolute Gasteiger partial charge is 0.241 e. The molecule has 0 radical (unpaired) electrons. The first kappa shape index (κ1) is 24.2. The molecule has 1 amide bonds. The Labute approximate surface area is 194 Å². The zero-order valence-corrected chi connectivity index (χ0v) is 19.6. The number of amides is 1. The molecular formula is C24H27N3O5S. The summed E-state index contributed by atoms with van der Waals surface area (Å²) < 4.78 is 38.7. The maximum absolute atomic E-state index is 12.7. The number of benzene rings is 2. The fourth-order valence-electron chi connectivity index (χ4n) is 3.11. The molecule has 0 saturated carbocycles. The summed E-state index contributed by atoms with van der Waals surface area (Å²) in [5.74, 6) is 0.301. The van der Waals surface area contributed by atoms with Gasteiger partial charge in [-0.3, -0.25) is 9.78 Å². The van der Waals surface area contributed by atoms with Gasteiger partial charge in [-0.2, -0.15) is 0 Å². The molecule has 174 valence electrons. The van der Waals surface area contributed by atoms with E-state index in [0.29, 0.717) is 30.4 Å². The quantitative estimate of drug-likeness (QED) is 0.468. The van der Waals surface area contributed by atoms with Gasteiger partial charge in [0.2, 0.25) is 15.9 Å². The third kappa shape index (κ3) is 6.30. The van der Waals surface area contributed by atoms with Crippen LogP contribution in [0, 0.1) is 6.92 Å². The molecule has 0 aliphatic rings. The van der Waals surface area contributed by atoms with Crippen molar-refractivity contribution in [3.8, 4) is 22.6 Å². The minimum absolute atomic E-state index is 0.0167. The maximum atomic E-state index is 12.7. The Hall–Kier alpha value is -3.43. The minimum Gasteiger partial charge on any atom is -0.490 e. The molecule has 0 saturated heterocycles. The molecule has 3 rings (SSSR count). The van der Waals surface area contributed by atoms with Gasteiger partial charge in [-0.05, 0) is 56.2 Å². The van der Waals surface area contributed by atoms with E-state index >= 15 is 0 Å². The molecule has 0 bridgehead atoms. The van der Waals surface area contributed by atoms with Gasteiger partial charge in [-0.25, -0.2) is 13.1 Å². The van der Waals surface area contributed by atoms with Gasteiger partial charge in [-0.15, -0.1) is 0 Å². The highest BCUT2D eigenvalue weighted by atomic mass is 32.2. The van der Waals surface area contributed by atoms with Crippen LogP contribution in [-0.2, 0) is 14.8 Å². The molecule has 8 nitrogen and oxygen atoms in total. The Balaban J connectivity index is 1.70. The van der Waals surface area contributed by atoms with E-state index in [2.05, 4.69) is 15.0 Å². The molecule has 0 aliphatic carbocycles. The lowest BCUT2D eigenvalue weighted by Crippen LogP contribution is -2.33. The van der Waals surface area contributed by atoms with Crippen LogP contribution in [0.3, 0.4) is 0 Å². The van der Waals surface area contributed by atoms with Gasteiger partial charge in [0.15, 0.2) is 11.5 Å². The summed E-state index contributed by atoms with van der Waals surface area (Å²) in [5.41, 5.74) is 3.25. The van der Waals surface area contributed by atoms with Crippen LogP contribution in [0.25, 0.3) is 11.1 Å². The Morgan fingerprint density at radius 2 is 1.73 bits per heavy atom. The summed E-state index contributed by atoms with van der Waals surface area (Å²) in [6, 6.07) is 13.7. The number of hydrogen-bond acceptors (Lipinski definition) is 6. The topological polar surface area (TPSA) is 107 Å². The van der Waals surface area contributed by atoms with Crippen LogP contribution >= 0.6 is 0 Å². The van der Waals surface area contributed by atoms with E-state index in [9.17, 15) is 13.2 Å². The van der Waals surface area contributed by atoms with Gasteiger partial charge in [0.05, 0.1) is 24.7 Å². The molecule has 0 unspecified atom stereocenters. The number of nitrogens with one attached hydrogen (secondary N) is 2. The number of aryl methyl sites for hydroxylation is 1. The van der Waals surface area contributed by atoms with Gasteiger partial charge in [0.1, 0.15) is 0 Å². The number of nitrogens with zero attached hydrogens (tertiary/aromatic N) is 1. The van der Waals surface area contributed by atoms with Crippen molar-refractivity contribution in [3.05, 3.63) is 66.5 Å². The van der Waals surface area contributed by atoms with Crippen LogP contribution < -0.4 is 19.5 Å². The summed E-state index contributed by atoms with van der Waals surface area (Å²) in [7, 11) is -3.94. The standard InChI is InChI=1S/C24H27N3O5S/c1-4-31-22-11-10-20(14-23(22)32-5-2)33(29,30)26-16-24(28)27-21-13-18(9-8-17(21)3)19-7-6-12-25-15-19/h6-15,26H,4-5,16H2,1-3H3,(H,27,28). The van der Waals surface area contributed by atoms with E-state index in [1.165, 1.54) is 18.2 Å². The number of anilines is 1. The van der Waals surface area contributed by atoms with Crippen molar-refractivity contribution >= 4 is 21.6 Å². The Morgan fingerprint density at radius 1 is 0.970 bits per heavy atom. The zero-order valence-electron chi connectivity index (χ0n) is 18.8. The monoisotopic (exact) mass is 469 g/mol. The normalized spacial score (nSPS) is 11.1. The van der Waals surface area contributed by atoms with Crippen molar-refractivity contribution in [2.45, 2.75) is 25.7 Å². The molecule has 0 fully saturated rings. The molecule has 33 heavy (non-hydrogen) atoms. The van der Waals surface area contributed by atoms with Crippen LogP contribution in [0.15, 0.2) is 65.8 Å². The first-order valence-electron chi connectivity index (χ1n) is 10.5. The summed E-state index contributed by atoms with van der Waals surface area (Å²) in [4.78, 5) is 16.6. The molecule has 0 atom stereocenters. The SMILES string of the molecule is CCOc1ccc(S(=O)(=O)NCC(=O)Nc2cc(-c3cccnc3)ccc2C)cc1OCC. The Kier molecular flexibility index (Phi) is 8.02. The third-order valence-electron chi connectivity index (χ3n) is 4.75. The number of hydrogen-bond donors (Lipinski definition) is 2. The third-order valence-corrected chi connectivity index (χ3v) is 6.15. The van der Waals surface area contributed by atoms with E-state index in [1.807, 2.05) is 44.2 Å². The molecular weight excluding hydrogens is 442 g/mol. The molecule has 1 aromatic heterocycles. The number of aromatic nitrogens is 1. The number of carbonyl (C=O) groups excluding carboxylic acids is 1. The lowest BCUT2D eigenvalue weighted by atomic mass is 10.0. The molecule has 2 N–H and O–H groups in total. The second kappa shape index (κ2) is 10.9. The Bertz CT molecular complexity index is 1210. The molecule has 9 heteroatoms. The maximum Gasteiger partial charge on any atom is 0.241 e. The number of ether oxygens (including phenoxy) is 2. The van der Waals surface area contributed by atoms with Crippen molar-refractivity contribution in [2.75, 3.05) is 25.1 Å². The highest BCUT2D eigenvalue weighted by Crippen LogP contribution is 2.30. The van der Waals surface area contributed by atoms with Crippen molar-refractivity contribution < 1.29 is 22.7 Å². The fraction of sp³-hybridized carbons (Fsp3) is 0.250. The number of rotatable bonds is 10. The van der Waals surface area contributed by atoms with Crippen molar-refractivity contribution in [1.29, 1.82) is 0 Å². The fourth-order valence-corrected chi connectivity index (χ4v) is 4.10. The minimum atomic E-state index is -3.94. The number of sulfonamides is 1. The summed E-state index contributed by atoms with van der Waals surface area (Å²) in [6.07, 6.45) is 3.42. The van der Waals surface area contributed by atoms with Crippen LogP contribution in [0.1, 0.15) is 19.4 Å². The molecule has 0 spiro atoms. The van der Waals surface area contributed by atoms with Crippen molar-refractivity contribution in [1.82, 2.24) is 9.71 Å². The van der Waals surface area contributed by atoms with E-state index in [0.717, 1.165) is 16.7 Å². The second-order valence-corrected chi connectivity index (χ2v) is 8.89. The zero-order chi connectivity index (χ0) is 23.8. The molecule has 0 aliphatic heterocycles. The van der Waals surface area contributed by atoms with Crippen molar-refractivity contribution in [2.24, 2.45) is 0 Å². The van der Waals surface area contributed by atoms with Gasteiger partial charge in [-0.1, -0.05) is 18.2 Å². The first-order valence-corrected chi connectivity index (χ1v) is 12.0. The van der Waals surface area contributed by atoms with Crippen LogP contribution in [0.4, 0.5) is 5.69 Å². The predicted molar refractivity (Wildman–Crippen MR) is 127 cm³/mol. The van der Waals surface area contributed by atoms with Gasteiger partial charge >= 0.3 is 0 Å². The van der Waals surface area contributed by atoms with Crippen molar-refractivity contribution in [3.63, 3.8) is 0 Å². The second-order valence-electron chi connectivity index (χ2n) is 7.12. The van der Waals surface area contributed by atoms with Crippen LogP contribution in [0.5, 0.6) is 11.5 Å². The van der Waals surface area contributed by atoms with Crippen LogP contribution in [0.2, 0.25) is 0 Å². The lowest BCUT2D eigenvalue weighted by Gasteiger charge is -2.14. The lowest BCUT2D eigenvalue weighted by molar-refractivity contribution is -0.115. The average molecular weight is 470 g/mol. The van der Waals surface area contributed by atoms with Crippen LogP contribution in [-0.4, -0.2) is 39.1 Å². The Morgan fingerprint density at radius 3 is 2.42 bits per heavy atom. The highest BCUT2D eigenvalue weighted by Gasteiger charge is 2.19. The van der Waals surface area contributed by atoms with Gasteiger partial charge in [0, 0.05) is 29.7 Å². The molecule has 2 aromatic carbocycles. The van der Waals surface area contributed by atoms with E-state index < -0.39 is 22.5 Å². The molecule has 1 heterocycles. The number of carbonyl (C=O) groups is 1. The predicted octanol–water partition coefficient (Wildman–Crippen LogP) is 3.77. The van der Waals surface area contributed by atoms with E-state index in [4.69, 9.17) is 9.47 Å². The number of pyridine rings is 1. The average Bonchev–Trinajstić information content (AvgIpc) is 2.81. The summed E-state index contributed by atoms with van der Waals surface area (Å²) >= 11 is 0. The van der Waals surface area contributed by atoms with E-state index in [1.54, 1.807) is 19.3 Å². The first-order chi connectivity index (χ1) is 15.8. The van der Waals surface area contributed by atoms with Gasteiger partial charge in [0.25, 0.3) is 0 Å². The molecule has 3 aromatic rings. The van der Waals surface area contributed by atoms with E-state index in [-0.39, 0.29) is 4.90 Å².